The normalized spacial score (nSPS) is 16.9. The molecule has 0 aromatic heterocycles. The fourth-order valence-corrected chi connectivity index (χ4v) is 2.10. The van der Waals surface area contributed by atoms with Gasteiger partial charge in [0.15, 0.2) is 0 Å². The number of amides is 1. The Hall–Kier alpha value is -0.530. The lowest BCUT2D eigenvalue weighted by atomic mass is 9.84. The number of hydrogen-bond acceptors (Lipinski definition) is 1. The molecular formula is C15H31NO. The molecule has 0 N–H and O–H groups in total. The summed E-state index contributed by atoms with van der Waals surface area (Å²) in [5, 5.41) is 0. The third-order valence-corrected chi connectivity index (χ3v) is 3.29. The Morgan fingerprint density at radius 3 is 1.94 bits per heavy atom. The Morgan fingerprint density at radius 2 is 1.59 bits per heavy atom. The van der Waals surface area contributed by atoms with Crippen molar-refractivity contribution in [1.29, 1.82) is 0 Å². The van der Waals surface area contributed by atoms with Crippen molar-refractivity contribution >= 4 is 5.91 Å². The molecule has 0 aromatic rings. The molecule has 0 bridgehead atoms. The average molecular weight is 241 g/mol. The van der Waals surface area contributed by atoms with E-state index in [1.54, 1.807) is 0 Å². The van der Waals surface area contributed by atoms with E-state index in [9.17, 15) is 4.79 Å². The van der Waals surface area contributed by atoms with E-state index in [0.29, 0.717) is 11.3 Å². The number of likely N-dealkylation sites (tertiary alicyclic amines) is 1. The van der Waals surface area contributed by atoms with E-state index in [0.717, 1.165) is 25.8 Å². The van der Waals surface area contributed by atoms with Crippen LogP contribution in [-0.2, 0) is 4.79 Å². The van der Waals surface area contributed by atoms with Gasteiger partial charge in [-0.2, -0.15) is 0 Å². The van der Waals surface area contributed by atoms with Crippen LogP contribution < -0.4 is 0 Å². The molecule has 1 amide bonds. The highest BCUT2D eigenvalue weighted by molar-refractivity contribution is 5.78. The van der Waals surface area contributed by atoms with Crippen molar-refractivity contribution < 1.29 is 4.79 Å². The van der Waals surface area contributed by atoms with E-state index < -0.39 is 0 Å². The van der Waals surface area contributed by atoms with E-state index >= 15 is 0 Å². The predicted molar refractivity (Wildman–Crippen MR) is 75.1 cm³/mol. The lowest BCUT2D eigenvalue weighted by Crippen LogP contribution is -2.45. The fourth-order valence-electron chi connectivity index (χ4n) is 2.10. The zero-order chi connectivity index (χ0) is 13.7. The molecule has 17 heavy (non-hydrogen) atoms. The molecule has 1 rings (SSSR count). The van der Waals surface area contributed by atoms with Crippen molar-refractivity contribution in [1.82, 2.24) is 4.90 Å². The quantitative estimate of drug-likeness (QED) is 0.723. The summed E-state index contributed by atoms with van der Waals surface area (Å²) in [7, 11) is 0. The van der Waals surface area contributed by atoms with Crippen LogP contribution in [0.5, 0.6) is 0 Å². The summed E-state index contributed by atoms with van der Waals surface area (Å²) >= 11 is 0. The number of rotatable bonds is 3. The van der Waals surface area contributed by atoms with Crippen LogP contribution in [0.15, 0.2) is 0 Å². The summed E-state index contributed by atoms with van der Waals surface area (Å²) in [5.74, 6) is 0.342. The average Bonchev–Trinajstić information content (AvgIpc) is 2.65. The van der Waals surface area contributed by atoms with Gasteiger partial charge in [0.05, 0.1) is 0 Å². The zero-order valence-electron chi connectivity index (χ0n) is 12.9. The van der Waals surface area contributed by atoms with Crippen LogP contribution in [-0.4, -0.2) is 22.9 Å². The van der Waals surface area contributed by atoms with Crippen molar-refractivity contribution in [3.63, 3.8) is 0 Å². The van der Waals surface area contributed by atoms with Gasteiger partial charge in [0.2, 0.25) is 5.91 Å². The molecule has 0 atom stereocenters. The predicted octanol–water partition coefficient (Wildman–Crippen LogP) is 4.24. The second-order valence-corrected chi connectivity index (χ2v) is 6.52. The molecule has 1 saturated heterocycles. The molecule has 0 saturated carbocycles. The van der Waals surface area contributed by atoms with Crippen LogP contribution >= 0.6 is 0 Å². The summed E-state index contributed by atoms with van der Waals surface area (Å²) in [4.78, 5) is 13.7. The highest BCUT2D eigenvalue weighted by Gasteiger charge is 2.34. The lowest BCUT2D eigenvalue weighted by Gasteiger charge is -2.37. The molecule has 1 heterocycles. The van der Waals surface area contributed by atoms with Gasteiger partial charge in [-0.1, -0.05) is 34.6 Å². The van der Waals surface area contributed by atoms with Gasteiger partial charge in [-0.05, 0) is 38.5 Å². The molecule has 2 nitrogen and oxygen atoms in total. The van der Waals surface area contributed by atoms with Gasteiger partial charge in [-0.25, -0.2) is 0 Å². The first-order valence-corrected chi connectivity index (χ1v) is 7.03. The third kappa shape index (κ3) is 5.56. The maximum Gasteiger partial charge on any atom is 0.223 e. The monoisotopic (exact) mass is 241 g/mol. The number of nitrogens with zero attached hydrogens (tertiary/aromatic N) is 1. The van der Waals surface area contributed by atoms with Gasteiger partial charge in [0.1, 0.15) is 0 Å². The van der Waals surface area contributed by atoms with E-state index in [1.165, 1.54) is 6.42 Å². The SMILES string of the molecule is CC.CC(C)(C)CCC(C)(C)N1CCCC1=O. The minimum Gasteiger partial charge on any atom is -0.338 e. The van der Waals surface area contributed by atoms with Gasteiger partial charge in [-0.3, -0.25) is 4.79 Å². The number of carbonyl (C=O) groups is 1. The van der Waals surface area contributed by atoms with Crippen LogP contribution in [0.1, 0.15) is 74.1 Å². The molecule has 102 valence electrons. The standard InChI is InChI=1S/C13H25NO.C2H6/c1-12(2,3)8-9-13(4,5)14-10-6-7-11(14)15;1-2/h6-10H2,1-5H3;1-2H3. The van der Waals surface area contributed by atoms with E-state index in [4.69, 9.17) is 0 Å². The van der Waals surface area contributed by atoms with Gasteiger partial charge >= 0.3 is 0 Å². The zero-order valence-corrected chi connectivity index (χ0v) is 12.9. The van der Waals surface area contributed by atoms with Crippen molar-refractivity contribution in [2.45, 2.75) is 79.7 Å². The molecule has 0 radical (unpaired) electrons. The summed E-state index contributed by atoms with van der Waals surface area (Å²) in [6, 6.07) is 0. The second-order valence-electron chi connectivity index (χ2n) is 6.52. The number of hydrogen-bond donors (Lipinski definition) is 0. The Morgan fingerprint density at radius 1 is 1.06 bits per heavy atom. The highest BCUT2D eigenvalue weighted by atomic mass is 16.2. The minimum atomic E-state index is 0.0425. The van der Waals surface area contributed by atoms with E-state index in [2.05, 4.69) is 39.5 Å². The van der Waals surface area contributed by atoms with Crippen LogP contribution in [0.3, 0.4) is 0 Å². The molecule has 0 unspecified atom stereocenters. The Kier molecular flexibility index (Phi) is 6.22. The molecule has 1 aliphatic rings. The first-order chi connectivity index (χ1) is 7.72. The Labute approximate surface area is 108 Å². The van der Waals surface area contributed by atoms with Gasteiger partial charge < -0.3 is 4.90 Å². The Balaban J connectivity index is 0.00000121. The van der Waals surface area contributed by atoms with Gasteiger partial charge in [0.25, 0.3) is 0 Å². The van der Waals surface area contributed by atoms with Crippen LogP contribution in [0, 0.1) is 5.41 Å². The molecule has 2 heteroatoms. The van der Waals surface area contributed by atoms with Crippen LogP contribution in [0.4, 0.5) is 0 Å². The topological polar surface area (TPSA) is 20.3 Å². The van der Waals surface area contributed by atoms with Crippen LogP contribution in [0.25, 0.3) is 0 Å². The van der Waals surface area contributed by atoms with Gasteiger partial charge in [0, 0.05) is 18.5 Å². The molecule has 1 fully saturated rings. The molecule has 0 aromatic carbocycles. The third-order valence-electron chi connectivity index (χ3n) is 3.29. The maximum atomic E-state index is 11.7. The highest BCUT2D eigenvalue weighted by Crippen LogP contribution is 2.31. The summed E-state index contributed by atoms with van der Waals surface area (Å²) in [6.45, 7) is 16.1. The largest absolute Gasteiger partial charge is 0.338 e. The van der Waals surface area contributed by atoms with E-state index in [-0.39, 0.29) is 5.54 Å². The second kappa shape index (κ2) is 6.42. The molecule has 0 aliphatic carbocycles. The number of carbonyl (C=O) groups excluding carboxylic acids is 1. The summed E-state index contributed by atoms with van der Waals surface area (Å²) in [6.07, 6.45) is 4.06. The molecule has 1 aliphatic heterocycles. The van der Waals surface area contributed by atoms with Crippen molar-refractivity contribution in [2.75, 3.05) is 6.54 Å². The summed E-state index contributed by atoms with van der Waals surface area (Å²) < 4.78 is 0. The molecule has 0 spiro atoms. The van der Waals surface area contributed by atoms with Crippen molar-refractivity contribution in [3.8, 4) is 0 Å². The first kappa shape index (κ1) is 16.5. The first-order valence-electron chi connectivity index (χ1n) is 7.03. The smallest absolute Gasteiger partial charge is 0.223 e. The Bertz CT molecular complexity index is 238. The van der Waals surface area contributed by atoms with Crippen molar-refractivity contribution in [3.05, 3.63) is 0 Å². The summed E-state index contributed by atoms with van der Waals surface area (Å²) in [5.41, 5.74) is 0.404. The fraction of sp³-hybridized carbons (Fsp3) is 0.933. The van der Waals surface area contributed by atoms with E-state index in [1.807, 2.05) is 13.8 Å². The van der Waals surface area contributed by atoms with Crippen molar-refractivity contribution in [2.24, 2.45) is 5.41 Å². The minimum absolute atomic E-state index is 0.0425. The maximum absolute atomic E-state index is 11.7. The lowest BCUT2D eigenvalue weighted by molar-refractivity contribution is -0.132. The van der Waals surface area contributed by atoms with Crippen LogP contribution in [0.2, 0.25) is 0 Å². The molecular weight excluding hydrogens is 210 g/mol. The van der Waals surface area contributed by atoms with Gasteiger partial charge in [-0.15, -0.1) is 0 Å².